The largest absolute Gasteiger partial charge is 0.492 e. The molecule has 3 rings (SSSR count). The molecule has 2 heterocycles. The number of aromatic nitrogens is 1. The summed E-state index contributed by atoms with van der Waals surface area (Å²) in [4.78, 5) is 30.9. The number of nitrogens with zero attached hydrogens (tertiary/aromatic N) is 2. The number of benzene rings is 1. The highest BCUT2D eigenvalue weighted by molar-refractivity contribution is 7.17. The normalized spacial score (nSPS) is 11.1. The molecule has 0 bridgehead atoms. The Kier molecular flexibility index (Phi) is 7.48. The third kappa shape index (κ3) is 6.81. The number of ether oxygens (including phenoxy) is 2. The Morgan fingerprint density at radius 2 is 1.81 bits per heavy atom. The maximum Gasteiger partial charge on any atom is 0.410 e. The summed E-state index contributed by atoms with van der Waals surface area (Å²) in [6.45, 7) is 6.38. The van der Waals surface area contributed by atoms with E-state index in [4.69, 9.17) is 14.6 Å². The van der Waals surface area contributed by atoms with Crippen molar-refractivity contribution in [1.29, 1.82) is 0 Å². The van der Waals surface area contributed by atoms with Gasteiger partial charge in [0.1, 0.15) is 22.8 Å². The molecule has 0 unspecified atom stereocenters. The third-order valence-corrected chi connectivity index (χ3v) is 5.43. The van der Waals surface area contributed by atoms with Gasteiger partial charge in [-0.2, -0.15) is 0 Å². The molecule has 0 radical (unpaired) electrons. The van der Waals surface area contributed by atoms with E-state index >= 15 is 0 Å². The number of carbonyl (C=O) groups is 2. The first-order valence-electron chi connectivity index (χ1n) is 10.2. The van der Waals surface area contributed by atoms with E-state index in [1.807, 2.05) is 63.2 Å². The monoisotopic (exact) mass is 454 g/mol. The molecular weight excluding hydrogens is 428 g/mol. The average molecular weight is 455 g/mol. The van der Waals surface area contributed by atoms with Gasteiger partial charge in [0.05, 0.1) is 18.8 Å². The van der Waals surface area contributed by atoms with E-state index < -0.39 is 17.7 Å². The molecule has 1 N–H and O–H groups in total. The van der Waals surface area contributed by atoms with Crippen LogP contribution in [0.4, 0.5) is 4.79 Å². The van der Waals surface area contributed by atoms with Crippen LogP contribution in [-0.4, -0.2) is 45.8 Å². The fourth-order valence-electron chi connectivity index (χ4n) is 2.82. The SMILES string of the molecule is CC(C)(C)OC(=O)N(CCOc1ccccc1)Cc1ccc(-c2ccc(C(=O)O)s2)cn1. The summed E-state index contributed by atoms with van der Waals surface area (Å²) in [7, 11) is 0. The molecule has 168 valence electrons. The highest BCUT2D eigenvalue weighted by Crippen LogP contribution is 2.27. The lowest BCUT2D eigenvalue weighted by molar-refractivity contribution is 0.0206. The standard InChI is InChI=1S/C24H26N2O5S/c1-24(2,3)31-23(29)26(13-14-30-19-7-5-4-6-8-19)16-18-10-9-17(15-25-18)20-11-12-21(32-20)22(27)28/h4-12,15H,13-14,16H2,1-3H3,(H,27,28). The predicted molar refractivity (Wildman–Crippen MR) is 123 cm³/mol. The van der Waals surface area contributed by atoms with Crippen LogP contribution >= 0.6 is 11.3 Å². The topological polar surface area (TPSA) is 89.0 Å². The van der Waals surface area contributed by atoms with Gasteiger partial charge in [0.25, 0.3) is 0 Å². The van der Waals surface area contributed by atoms with Crippen molar-refractivity contribution in [1.82, 2.24) is 9.88 Å². The molecule has 0 aliphatic rings. The van der Waals surface area contributed by atoms with Crippen LogP contribution in [0.5, 0.6) is 5.75 Å². The zero-order valence-corrected chi connectivity index (χ0v) is 19.1. The van der Waals surface area contributed by atoms with Crippen LogP contribution in [-0.2, 0) is 11.3 Å². The van der Waals surface area contributed by atoms with Gasteiger partial charge in [0.15, 0.2) is 0 Å². The first-order chi connectivity index (χ1) is 15.2. The van der Waals surface area contributed by atoms with E-state index in [-0.39, 0.29) is 11.4 Å². The van der Waals surface area contributed by atoms with Gasteiger partial charge in [-0.15, -0.1) is 11.3 Å². The lowest BCUT2D eigenvalue weighted by atomic mass is 10.2. The summed E-state index contributed by atoms with van der Waals surface area (Å²) < 4.78 is 11.3. The van der Waals surface area contributed by atoms with Crippen LogP contribution in [0.15, 0.2) is 60.8 Å². The van der Waals surface area contributed by atoms with Crippen LogP contribution < -0.4 is 4.74 Å². The van der Waals surface area contributed by atoms with Gasteiger partial charge in [0.2, 0.25) is 0 Å². The minimum Gasteiger partial charge on any atom is -0.492 e. The predicted octanol–water partition coefficient (Wildman–Crippen LogP) is 5.32. The molecular formula is C24H26N2O5S. The van der Waals surface area contributed by atoms with Crippen molar-refractivity contribution >= 4 is 23.4 Å². The first-order valence-corrected chi connectivity index (χ1v) is 11.0. The van der Waals surface area contributed by atoms with Crippen LogP contribution in [0.3, 0.4) is 0 Å². The van der Waals surface area contributed by atoms with Gasteiger partial charge in [-0.3, -0.25) is 9.88 Å². The second kappa shape index (κ2) is 10.3. The van der Waals surface area contributed by atoms with Crippen molar-refractivity contribution in [2.24, 2.45) is 0 Å². The fraction of sp³-hybridized carbons (Fsp3) is 0.292. The van der Waals surface area contributed by atoms with E-state index in [9.17, 15) is 9.59 Å². The Bertz CT molecular complexity index is 1040. The number of hydrogen-bond acceptors (Lipinski definition) is 6. The van der Waals surface area contributed by atoms with Gasteiger partial charge in [-0.05, 0) is 51.1 Å². The van der Waals surface area contributed by atoms with Crippen molar-refractivity contribution in [2.45, 2.75) is 32.9 Å². The van der Waals surface area contributed by atoms with Gasteiger partial charge in [0, 0.05) is 16.6 Å². The molecule has 1 aromatic carbocycles. The Morgan fingerprint density at radius 1 is 1.06 bits per heavy atom. The molecule has 7 nitrogen and oxygen atoms in total. The summed E-state index contributed by atoms with van der Waals surface area (Å²) in [6, 6.07) is 16.4. The number of thiophene rings is 1. The fourth-order valence-corrected chi connectivity index (χ4v) is 3.65. The molecule has 1 amide bonds. The Hall–Kier alpha value is -3.39. The zero-order valence-electron chi connectivity index (χ0n) is 18.3. The van der Waals surface area contributed by atoms with E-state index in [1.165, 1.54) is 11.3 Å². The maximum absolute atomic E-state index is 12.7. The molecule has 0 aliphatic carbocycles. The lowest BCUT2D eigenvalue weighted by Gasteiger charge is -2.27. The third-order valence-electron chi connectivity index (χ3n) is 4.30. The Labute approximate surface area is 191 Å². The zero-order chi connectivity index (χ0) is 23.1. The van der Waals surface area contributed by atoms with Crippen molar-refractivity contribution in [2.75, 3.05) is 13.2 Å². The van der Waals surface area contributed by atoms with Crippen molar-refractivity contribution in [3.05, 3.63) is 71.4 Å². The number of carboxylic acid groups (broad SMARTS) is 1. The molecule has 0 atom stereocenters. The number of pyridine rings is 1. The van der Waals surface area contributed by atoms with Crippen LogP contribution in [0.2, 0.25) is 0 Å². The van der Waals surface area contributed by atoms with Gasteiger partial charge >= 0.3 is 12.1 Å². The van der Waals surface area contributed by atoms with E-state index in [2.05, 4.69) is 4.98 Å². The lowest BCUT2D eigenvalue weighted by Crippen LogP contribution is -2.38. The van der Waals surface area contributed by atoms with Crippen molar-refractivity contribution in [3.63, 3.8) is 0 Å². The molecule has 0 spiro atoms. The second-order valence-electron chi connectivity index (χ2n) is 8.07. The summed E-state index contributed by atoms with van der Waals surface area (Å²) in [5.74, 6) is -0.215. The molecule has 0 aliphatic heterocycles. The molecule has 3 aromatic rings. The number of amides is 1. The second-order valence-corrected chi connectivity index (χ2v) is 9.15. The van der Waals surface area contributed by atoms with Gasteiger partial charge in [-0.1, -0.05) is 24.3 Å². The highest BCUT2D eigenvalue weighted by atomic mass is 32.1. The van der Waals surface area contributed by atoms with Gasteiger partial charge in [-0.25, -0.2) is 9.59 Å². The molecule has 0 saturated carbocycles. The summed E-state index contributed by atoms with van der Waals surface area (Å²) in [5.41, 5.74) is 0.894. The first kappa shape index (κ1) is 23.3. The van der Waals surface area contributed by atoms with Crippen molar-refractivity contribution < 1.29 is 24.2 Å². The van der Waals surface area contributed by atoms with E-state index in [0.29, 0.717) is 18.8 Å². The summed E-state index contributed by atoms with van der Waals surface area (Å²) in [6.07, 6.45) is 1.24. The molecule has 0 saturated heterocycles. The summed E-state index contributed by atoms with van der Waals surface area (Å²) in [5, 5.41) is 9.10. The highest BCUT2D eigenvalue weighted by Gasteiger charge is 2.23. The number of para-hydroxylation sites is 1. The van der Waals surface area contributed by atoms with Crippen LogP contribution in [0.25, 0.3) is 10.4 Å². The number of carbonyl (C=O) groups excluding carboxylic acids is 1. The van der Waals surface area contributed by atoms with Gasteiger partial charge < -0.3 is 14.6 Å². The minimum atomic E-state index is -0.948. The van der Waals surface area contributed by atoms with Crippen LogP contribution in [0, 0.1) is 0 Å². The van der Waals surface area contributed by atoms with E-state index in [0.717, 1.165) is 16.2 Å². The average Bonchev–Trinajstić information content (AvgIpc) is 3.24. The van der Waals surface area contributed by atoms with Crippen molar-refractivity contribution in [3.8, 4) is 16.2 Å². The Morgan fingerprint density at radius 3 is 2.41 bits per heavy atom. The number of hydrogen-bond donors (Lipinski definition) is 1. The number of rotatable bonds is 8. The number of aromatic carboxylic acids is 1. The van der Waals surface area contributed by atoms with E-state index in [1.54, 1.807) is 23.2 Å². The molecule has 32 heavy (non-hydrogen) atoms. The Balaban J connectivity index is 1.68. The smallest absolute Gasteiger partial charge is 0.410 e. The maximum atomic E-state index is 12.7. The minimum absolute atomic E-state index is 0.262. The molecule has 2 aromatic heterocycles. The quantitative estimate of drug-likeness (QED) is 0.495. The summed E-state index contributed by atoms with van der Waals surface area (Å²) >= 11 is 1.19. The number of carboxylic acids is 1. The molecule has 0 fully saturated rings. The van der Waals surface area contributed by atoms with Crippen LogP contribution in [0.1, 0.15) is 36.1 Å². The molecule has 8 heteroatoms.